The van der Waals surface area contributed by atoms with Crippen molar-refractivity contribution in [3.8, 4) is 0 Å². The van der Waals surface area contributed by atoms with Crippen molar-refractivity contribution in [2.75, 3.05) is 0 Å². The first-order valence-electron chi connectivity index (χ1n) is 9.44. The van der Waals surface area contributed by atoms with Gasteiger partial charge in [-0.05, 0) is 62.4 Å². The molecule has 0 aliphatic heterocycles. The van der Waals surface area contributed by atoms with Crippen LogP contribution in [0.15, 0.2) is 42.5 Å². The van der Waals surface area contributed by atoms with Gasteiger partial charge in [0.25, 0.3) is 0 Å². The largest absolute Gasteiger partial charge is 0.414 e. The van der Waals surface area contributed by atoms with Gasteiger partial charge in [0.05, 0.1) is 0 Å². The molecule has 0 saturated heterocycles. The van der Waals surface area contributed by atoms with Gasteiger partial charge in [0.2, 0.25) is 0 Å². The molecule has 0 saturated carbocycles. The number of rotatable bonds is 12. The van der Waals surface area contributed by atoms with Crippen LogP contribution in [0.2, 0.25) is 18.1 Å². The van der Waals surface area contributed by atoms with Gasteiger partial charge < -0.3 is 4.43 Å². The topological polar surface area (TPSA) is 26.3 Å². The number of allylic oxidation sites excluding steroid dienone is 2. The maximum absolute atomic E-state index is 11.0. The summed E-state index contributed by atoms with van der Waals surface area (Å²) in [6.45, 7) is 8.46. The van der Waals surface area contributed by atoms with Crippen LogP contribution in [0.4, 0.5) is 0 Å². The van der Waals surface area contributed by atoms with Gasteiger partial charge >= 0.3 is 0 Å². The highest BCUT2D eigenvalue weighted by molar-refractivity contribution is 6.73. The first kappa shape index (κ1) is 20.9. The van der Waals surface area contributed by atoms with Crippen molar-refractivity contribution in [3.05, 3.63) is 48.0 Å². The molecule has 0 heterocycles. The van der Waals surface area contributed by atoms with E-state index in [1.54, 1.807) is 13.0 Å². The van der Waals surface area contributed by atoms with E-state index in [0.29, 0.717) is 6.10 Å². The molecule has 0 radical (unpaired) electrons. The second kappa shape index (κ2) is 11.4. The number of carbonyl (C=O) groups excluding carboxylic acids is 1. The minimum absolute atomic E-state index is 0.126. The molecule has 1 unspecified atom stereocenters. The van der Waals surface area contributed by atoms with E-state index in [0.717, 1.165) is 25.7 Å². The molecule has 0 bridgehead atoms. The molecule has 24 heavy (non-hydrogen) atoms. The maximum atomic E-state index is 11.0. The van der Waals surface area contributed by atoms with E-state index < -0.39 is 8.32 Å². The van der Waals surface area contributed by atoms with Crippen LogP contribution in [0.1, 0.15) is 52.5 Å². The lowest BCUT2D eigenvalue weighted by Crippen LogP contribution is -2.40. The number of unbranched alkanes of at least 4 members (excludes halogenated alkanes) is 1. The Morgan fingerprint density at radius 1 is 1.12 bits per heavy atom. The molecule has 0 aliphatic carbocycles. The fourth-order valence-electron chi connectivity index (χ4n) is 3.15. The Balaban J connectivity index is 2.69. The summed E-state index contributed by atoms with van der Waals surface area (Å²) in [5.41, 5.74) is 1.35. The van der Waals surface area contributed by atoms with Crippen molar-refractivity contribution in [1.82, 2.24) is 0 Å². The summed E-state index contributed by atoms with van der Waals surface area (Å²) in [6, 6.07) is 14.2. The molecule has 2 nitrogen and oxygen atoms in total. The zero-order valence-electron chi connectivity index (χ0n) is 15.9. The Bertz CT molecular complexity index is 484. The zero-order chi connectivity index (χ0) is 17.8. The molecule has 0 aromatic heterocycles. The molecular weight excluding hydrogens is 312 g/mol. The van der Waals surface area contributed by atoms with Gasteiger partial charge in [-0.1, -0.05) is 57.2 Å². The number of carbonyl (C=O) groups is 1. The fraction of sp³-hybridized carbons (Fsp3) is 0.571. The second-order valence-electron chi connectivity index (χ2n) is 6.62. The van der Waals surface area contributed by atoms with Crippen molar-refractivity contribution < 1.29 is 9.22 Å². The average Bonchev–Trinajstić information content (AvgIpc) is 2.60. The average molecular weight is 347 g/mol. The molecule has 3 heteroatoms. The van der Waals surface area contributed by atoms with Gasteiger partial charge in [-0.3, -0.25) is 4.79 Å². The first-order chi connectivity index (χ1) is 11.5. The lowest BCUT2D eigenvalue weighted by Gasteiger charge is -2.33. The fourth-order valence-corrected chi connectivity index (χ4v) is 6.05. The number of hydrogen-bond acceptors (Lipinski definition) is 2. The van der Waals surface area contributed by atoms with Crippen LogP contribution < -0.4 is 0 Å². The van der Waals surface area contributed by atoms with Crippen LogP contribution in [-0.4, -0.2) is 20.2 Å². The molecule has 1 atom stereocenters. The van der Waals surface area contributed by atoms with Crippen LogP contribution in [0.3, 0.4) is 0 Å². The number of benzene rings is 1. The predicted octanol–water partition coefficient (Wildman–Crippen LogP) is 5.94. The predicted molar refractivity (Wildman–Crippen MR) is 106 cm³/mol. The summed E-state index contributed by atoms with van der Waals surface area (Å²) in [5.74, 6) is 0.126. The molecule has 134 valence electrons. The third kappa shape index (κ3) is 7.58. The van der Waals surface area contributed by atoms with Gasteiger partial charge in [-0.25, -0.2) is 0 Å². The summed E-state index contributed by atoms with van der Waals surface area (Å²) < 4.78 is 6.77. The van der Waals surface area contributed by atoms with Crippen molar-refractivity contribution in [1.29, 1.82) is 0 Å². The summed E-state index contributed by atoms with van der Waals surface area (Å²) in [5, 5.41) is 0. The van der Waals surface area contributed by atoms with Crippen LogP contribution in [0.5, 0.6) is 0 Å². The van der Waals surface area contributed by atoms with E-state index in [-0.39, 0.29) is 5.78 Å². The van der Waals surface area contributed by atoms with Gasteiger partial charge in [0, 0.05) is 6.10 Å². The molecule has 1 aromatic rings. The van der Waals surface area contributed by atoms with E-state index in [2.05, 4.69) is 51.1 Å². The lowest BCUT2D eigenvalue weighted by molar-refractivity contribution is -0.112. The summed E-state index contributed by atoms with van der Waals surface area (Å²) in [4.78, 5) is 11.0. The molecule has 0 aliphatic rings. The van der Waals surface area contributed by atoms with Crippen molar-refractivity contribution in [2.24, 2.45) is 0 Å². The Morgan fingerprint density at radius 2 is 1.75 bits per heavy atom. The molecule has 0 fully saturated rings. The quantitative estimate of drug-likeness (QED) is 0.266. The van der Waals surface area contributed by atoms with Gasteiger partial charge in [0.15, 0.2) is 14.1 Å². The number of hydrogen-bond donors (Lipinski definition) is 0. The second-order valence-corrected chi connectivity index (χ2v) is 11.3. The monoisotopic (exact) mass is 346 g/mol. The molecule has 0 amide bonds. The molecule has 0 N–H and O–H groups in total. The van der Waals surface area contributed by atoms with Gasteiger partial charge in [-0.15, -0.1) is 0 Å². The van der Waals surface area contributed by atoms with E-state index in [1.807, 2.05) is 6.08 Å². The lowest BCUT2D eigenvalue weighted by atomic mass is 10.0. The zero-order valence-corrected chi connectivity index (χ0v) is 16.9. The third-order valence-electron chi connectivity index (χ3n) is 4.91. The third-order valence-corrected chi connectivity index (χ3v) is 9.60. The van der Waals surface area contributed by atoms with Crippen molar-refractivity contribution in [2.45, 2.75) is 77.6 Å². The highest BCUT2D eigenvalue weighted by Crippen LogP contribution is 2.26. The molecule has 0 spiro atoms. The van der Waals surface area contributed by atoms with Crippen molar-refractivity contribution >= 4 is 14.1 Å². The van der Waals surface area contributed by atoms with E-state index >= 15 is 0 Å². The Hall–Kier alpha value is -1.19. The smallest absolute Gasteiger partial charge is 0.192 e. The molecule has 1 rings (SSSR count). The van der Waals surface area contributed by atoms with E-state index in [9.17, 15) is 4.79 Å². The standard InChI is InChI=1S/C21H34O2Si/c1-5-24(6-2,7-3)23-21(17-13-8-10-14-19(4)22)18-20-15-11-9-12-16-20/h9-12,14-16,21H,5-8,13,17-18H2,1-4H3/b14-10+. The highest BCUT2D eigenvalue weighted by atomic mass is 28.4. The normalized spacial score (nSPS) is 13.3. The van der Waals surface area contributed by atoms with Crippen molar-refractivity contribution in [3.63, 3.8) is 0 Å². The Labute approximate surface area is 149 Å². The minimum atomic E-state index is -1.59. The summed E-state index contributed by atoms with van der Waals surface area (Å²) in [6.07, 6.45) is 8.04. The van der Waals surface area contributed by atoms with Crippen LogP contribution in [-0.2, 0) is 15.6 Å². The summed E-state index contributed by atoms with van der Waals surface area (Å²) >= 11 is 0. The van der Waals surface area contributed by atoms with E-state index in [1.165, 1.54) is 23.7 Å². The Kier molecular flexibility index (Phi) is 9.88. The van der Waals surface area contributed by atoms with Crippen LogP contribution >= 0.6 is 0 Å². The first-order valence-corrected chi connectivity index (χ1v) is 12.0. The molecular formula is C21H34O2Si. The summed E-state index contributed by atoms with van der Waals surface area (Å²) in [7, 11) is -1.59. The minimum Gasteiger partial charge on any atom is -0.414 e. The Morgan fingerprint density at radius 3 is 2.29 bits per heavy atom. The highest BCUT2D eigenvalue weighted by Gasteiger charge is 2.31. The van der Waals surface area contributed by atoms with Crippen LogP contribution in [0.25, 0.3) is 0 Å². The maximum Gasteiger partial charge on any atom is 0.192 e. The molecule has 1 aromatic carbocycles. The SMILES string of the molecule is CC[Si](CC)(CC)OC(CCC/C=C/C(C)=O)Cc1ccccc1. The van der Waals surface area contributed by atoms with Gasteiger partial charge in [-0.2, -0.15) is 0 Å². The number of ketones is 1. The van der Waals surface area contributed by atoms with E-state index in [4.69, 9.17) is 4.43 Å². The van der Waals surface area contributed by atoms with Gasteiger partial charge in [0.1, 0.15) is 0 Å². The van der Waals surface area contributed by atoms with Crippen LogP contribution in [0, 0.1) is 0 Å².